The van der Waals surface area contributed by atoms with Gasteiger partial charge in [0, 0.05) is 37.0 Å². The molecule has 0 unspecified atom stereocenters. The molecule has 1 saturated heterocycles. The zero-order valence-corrected chi connectivity index (χ0v) is 15.5. The lowest BCUT2D eigenvalue weighted by atomic mass is 10.2. The van der Waals surface area contributed by atoms with Crippen molar-refractivity contribution in [2.75, 3.05) is 18.4 Å². The second-order valence-electron chi connectivity index (χ2n) is 6.30. The van der Waals surface area contributed by atoms with Gasteiger partial charge >= 0.3 is 0 Å². The Labute approximate surface area is 165 Å². The number of nitrogens with one attached hydrogen (secondary N) is 2. The molecule has 1 aliphatic rings. The van der Waals surface area contributed by atoms with Crippen LogP contribution in [0.1, 0.15) is 22.3 Å². The number of nitrogens with zero attached hydrogens (tertiary/aromatic N) is 2. The van der Waals surface area contributed by atoms with Gasteiger partial charge in [-0.2, -0.15) is 0 Å². The molecular weight excluding hydrogens is 387 g/mol. The summed E-state index contributed by atoms with van der Waals surface area (Å²) in [7, 11) is 0. The molecule has 28 heavy (non-hydrogen) atoms. The maximum absolute atomic E-state index is 13.0. The summed E-state index contributed by atoms with van der Waals surface area (Å²) in [5.74, 6) is -0.707. The summed E-state index contributed by atoms with van der Waals surface area (Å²) in [6, 6.07) is 7.09. The fourth-order valence-corrected chi connectivity index (χ4v) is 3.12. The molecule has 2 aromatic rings. The molecule has 0 saturated carbocycles. The fraction of sp³-hybridized carbons (Fsp3) is 0.211. The van der Waals surface area contributed by atoms with E-state index in [2.05, 4.69) is 10.3 Å². The van der Waals surface area contributed by atoms with Crippen molar-refractivity contribution >= 4 is 35.3 Å². The molecule has 2 amide bonds. The molecule has 0 aliphatic carbocycles. The maximum atomic E-state index is 13.0. The third-order valence-electron chi connectivity index (χ3n) is 4.31. The van der Waals surface area contributed by atoms with Crippen LogP contribution in [0.15, 0.2) is 42.6 Å². The Kier molecular flexibility index (Phi) is 6.23. The van der Waals surface area contributed by atoms with Crippen molar-refractivity contribution in [3.8, 4) is 0 Å². The van der Waals surface area contributed by atoms with Crippen LogP contribution in [0.4, 0.5) is 10.2 Å². The summed E-state index contributed by atoms with van der Waals surface area (Å²) in [5.41, 5.74) is 2.54. The number of hydrogen-bond donors (Lipinski definition) is 3. The highest BCUT2D eigenvalue weighted by Crippen LogP contribution is 2.24. The van der Waals surface area contributed by atoms with Crippen LogP contribution < -0.4 is 10.8 Å². The molecule has 0 bridgehead atoms. The summed E-state index contributed by atoms with van der Waals surface area (Å²) in [5, 5.41) is 12.1. The highest BCUT2D eigenvalue weighted by molar-refractivity contribution is 6.33. The number of anilines is 1. The Balaban J connectivity index is 1.60. The third-order valence-corrected chi connectivity index (χ3v) is 4.60. The minimum Gasteiger partial charge on any atom is -0.364 e. The van der Waals surface area contributed by atoms with Crippen LogP contribution >= 0.6 is 11.6 Å². The number of hydroxylamine groups is 1. The van der Waals surface area contributed by atoms with Gasteiger partial charge in [-0.05, 0) is 48.4 Å². The number of hydrogen-bond acceptors (Lipinski definition) is 5. The Morgan fingerprint density at radius 2 is 2.07 bits per heavy atom. The van der Waals surface area contributed by atoms with Crippen molar-refractivity contribution in [2.45, 2.75) is 12.5 Å². The minimum absolute atomic E-state index is 0.0176. The Bertz CT molecular complexity index is 905. The summed E-state index contributed by atoms with van der Waals surface area (Å²) in [6.45, 7) is 1.05. The van der Waals surface area contributed by atoms with Gasteiger partial charge in [0.25, 0.3) is 11.8 Å². The molecule has 1 aromatic heterocycles. The summed E-state index contributed by atoms with van der Waals surface area (Å²) >= 11 is 6.24. The highest BCUT2D eigenvalue weighted by Gasteiger charge is 2.27. The zero-order valence-electron chi connectivity index (χ0n) is 14.7. The number of pyridine rings is 1. The number of likely N-dealkylation sites (tertiary alicyclic amines) is 1. The molecule has 1 atom stereocenters. The van der Waals surface area contributed by atoms with Crippen LogP contribution in [0.25, 0.3) is 6.08 Å². The van der Waals surface area contributed by atoms with Crippen molar-refractivity contribution < 1.29 is 19.2 Å². The number of benzene rings is 1. The van der Waals surface area contributed by atoms with Gasteiger partial charge in [-0.15, -0.1) is 0 Å². The predicted octanol–water partition coefficient (Wildman–Crippen LogP) is 2.72. The SMILES string of the molecule is O=C(/C=C/c1cnc(N[C@@H]2CCN(C(=O)c3ccc(F)cc3)C2)c(Cl)c1)NO. The zero-order chi connectivity index (χ0) is 20.1. The van der Waals surface area contributed by atoms with E-state index in [0.717, 1.165) is 12.5 Å². The number of aromatic nitrogens is 1. The van der Waals surface area contributed by atoms with Gasteiger partial charge in [0.05, 0.1) is 5.02 Å². The third kappa shape index (κ3) is 4.85. The highest BCUT2D eigenvalue weighted by atomic mass is 35.5. The molecule has 0 spiro atoms. The monoisotopic (exact) mass is 404 g/mol. The molecule has 0 radical (unpaired) electrons. The van der Waals surface area contributed by atoms with Crippen molar-refractivity contribution in [3.05, 3.63) is 64.6 Å². The molecular formula is C19H18ClFN4O3. The molecule has 7 nitrogen and oxygen atoms in total. The van der Waals surface area contributed by atoms with Crippen LogP contribution in [0.5, 0.6) is 0 Å². The smallest absolute Gasteiger partial charge is 0.267 e. The number of carbonyl (C=O) groups excluding carboxylic acids is 2. The molecule has 1 aromatic carbocycles. The van der Waals surface area contributed by atoms with Crippen molar-refractivity contribution in [2.24, 2.45) is 0 Å². The fourth-order valence-electron chi connectivity index (χ4n) is 2.89. The second-order valence-corrected chi connectivity index (χ2v) is 6.70. The van der Waals surface area contributed by atoms with E-state index in [-0.39, 0.29) is 17.8 Å². The number of halogens is 2. The van der Waals surface area contributed by atoms with E-state index in [1.54, 1.807) is 11.0 Å². The molecule has 1 fully saturated rings. The summed E-state index contributed by atoms with van der Waals surface area (Å²) < 4.78 is 13.0. The lowest BCUT2D eigenvalue weighted by Crippen LogP contribution is -2.31. The van der Waals surface area contributed by atoms with Crippen molar-refractivity contribution in [1.82, 2.24) is 15.4 Å². The Morgan fingerprint density at radius 1 is 1.32 bits per heavy atom. The van der Waals surface area contributed by atoms with Crippen LogP contribution in [0.2, 0.25) is 5.02 Å². The largest absolute Gasteiger partial charge is 0.364 e. The molecule has 146 valence electrons. The van der Waals surface area contributed by atoms with E-state index in [1.807, 2.05) is 0 Å². The normalized spacial score (nSPS) is 16.4. The van der Waals surface area contributed by atoms with Gasteiger partial charge in [-0.1, -0.05) is 11.6 Å². The van der Waals surface area contributed by atoms with E-state index >= 15 is 0 Å². The van der Waals surface area contributed by atoms with Crippen molar-refractivity contribution in [3.63, 3.8) is 0 Å². The molecule has 3 N–H and O–H groups in total. The first-order valence-electron chi connectivity index (χ1n) is 8.55. The predicted molar refractivity (Wildman–Crippen MR) is 103 cm³/mol. The van der Waals surface area contributed by atoms with Gasteiger partial charge < -0.3 is 10.2 Å². The lowest BCUT2D eigenvalue weighted by Gasteiger charge is -2.18. The lowest BCUT2D eigenvalue weighted by molar-refractivity contribution is -0.124. The van der Waals surface area contributed by atoms with Crippen LogP contribution in [-0.4, -0.2) is 46.0 Å². The van der Waals surface area contributed by atoms with E-state index < -0.39 is 5.91 Å². The first-order chi connectivity index (χ1) is 13.5. The van der Waals surface area contributed by atoms with Crippen LogP contribution in [0.3, 0.4) is 0 Å². The Hall–Kier alpha value is -2.97. The quantitative estimate of drug-likeness (QED) is 0.404. The topological polar surface area (TPSA) is 94.6 Å². The number of carbonyl (C=O) groups is 2. The van der Waals surface area contributed by atoms with Crippen LogP contribution in [0, 0.1) is 5.82 Å². The van der Waals surface area contributed by atoms with E-state index in [1.165, 1.54) is 42.0 Å². The summed E-state index contributed by atoms with van der Waals surface area (Å²) in [6.07, 6.45) is 4.87. The van der Waals surface area contributed by atoms with Gasteiger partial charge in [0.1, 0.15) is 11.6 Å². The van der Waals surface area contributed by atoms with E-state index in [9.17, 15) is 14.0 Å². The Morgan fingerprint density at radius 3 is 2.75 bits per heavy atom. The van der Waals surface area contributed by atoms with Gasteiger partial charge in [-0.3, -0.25) is 14.8 Å². The average Bonchev–Trinajstić information content (AvgIpc) is 3.16. The van der Waals surface area contributed by atoms with Gasteiger partial charge in [0.2, 0.25) is 0 Å². The molecule has 3 rings (SSSR count). The standard InChI is InChI=1S/C19H18ClFN4O3/c20-16-9-12(1-6-17(26)24-28)10-22-18(16)23-15-7-8-25(11-15)19(27)13-2-4-14(21)5-3-13/h1-6,9-10,15,28H,7-8,11H2,(H,22,23)(H,24,26)/b6-1+/t15-/m1/s1. The molecule has 9 heteroatoms. The number of amides is 2. The van der Waals surface area contributed by atoms with Crippen LogP contribution in [-0.2, 0) is 4.79 Å². The maximum Gasteiger partial charge on any atom is 0.267 e. The number of rotatable bonds is 5. The van der Waals surface area contributed by atoms with E-state index in [4.69, 9.17) is 16.8 Å². The molecule has 1 aliphatic heterocycles. The van der Waals surface area contributed by atoms with Gasteiger partial charge in [-0.25, -0.2) is 14.9 Å². The van der Waals surface area contributed by atoms with Crippen molar-refractivity contribution in [1.29, 1.82) is 0 Å². The first kappa shape index (κ1) is 19.8. The first-order valence-corrected chi connectivity index (χ1v) is 8.93. The van der Waals surface area contributed by atoms with Gasteiger partial charge in [0.15, 0.2) is 0 Å². The van der Waals surface area contributed by atoms with E-state index in [0.29, 0.717) is 35.1 Å². The molecule has 2 heterocycles. The average molecular weight is 405 g/mol. The second kappa shape index (κ2) is 8.81. The summed E-state index contributed by atoms with van der Waals surface area (Å²) in [4.78, 5) is 29.5. The minimum atomic E-state index is -0.657.